The maximum Gasteiger partial charge on any atom is 0.0869 e. The summed E-state index contributed by atoms with van der Waals surface area (Å²) in [4.78, 5) is 3.10. The summed E-state index contributed by atoms with van der Waals surface area (Å²) in [7, 11) is 3.70. The van der Waals surface area contributed by atoms with Gasteiger partial charge in [-0.3, -0.25) is 0 Å². The van der Waals surface area contributed by atoms with Crippen LogP contribution in [0.2, 0.25) is 0 Å². The first-order valence-corrected chi connectivity index (χ1v) is 10.7. The van der Waals surface area contributed by atoms with Gasteiger partial charge >= 0.3 is 0 Å². The number of allylic oxidation sites excluding steroid dienone is 1. The fraction of sp³-hybridized carbons (Fsp3) is 0.909. The molecule has 4 saturated carbocycles. The van der Waals surface area contributed by atoms with E-state index in [9.17, 15) is 0 Å². The largest absolute Gasteiger partial charge is 0.378 e. The van der Waals surface area contributed by atoms with Crippen molar-refractivity contribution in [2.75, 3.05) is 14.2 Å². The lowest BCUT2D eigenvalue weighted by Crippen LogP contribution is -2.64. The van der Waals surface area contributed by atoms with Gasteiger partial charge in [-0.15, -0.1) is 0 Å². The van der Waals surface area contributed by atoms with Gasteiger partial charge in [-0.05, 0) is 85.0 Å². The molecule has 5 nitrogen and oxygen atoms in total. The van der Waals surface area contributed by atoms with E-state index in [4.69, 9.17) is 15.0 Å². The number of ether oxygens (including phenoxy) is 2. The molecule has 0 aliphatic heterocycles. The first-order chi connectivity index (χ1) is 12.9. The lowest BCUT2D eigenvalue weighted by atomic mass is 9.43. The van der Waals surface area contributed by atoms with Crippen LogP contribution in [0.1, 0.15) is 58.8 Å². The van der Waals surface area contributed by atoms with Gasteiger partial charge in [0.25, 0.3) is 0 Å². The Bertz CT molecular complexity index is 660. The van der Waals surface area contributed by atoms with E-state index >= 15 is 0 Å². The van der Waals surface area contributed by atoms with Crippen molar-refractivity contribution in [2.45, 2.75) is 77.0 Å². The molecule has 27 heavy (non-hydrogen) atoms. The van der Waals surface area contributed by atoms with Crippen LogP contribution in [-0.4, -0.2) is 32.5 Å². The molecule has 0 aromatic rings. The molecule has 4 rings (SSSR count). The van der Waals surface area contributed by atoms with Gasteiger partial charge in [0.1, 0.15) is 0 Å². The maximum atomic E-state index is 8.94. The van der Waals surface area contributed by atoms with Crippen molar-refractivity contribution in [3.8, 4) is 0 Å². The van der Waals surface area contributed by atoms with Gasteiger partial charge in [0, 0.05) is 25.2 Å². The van der Waals surface area contributed by atoms with Crippen LogP contribution in [0.4, 0.5) is 0 Å². The Morgan fingerprint density at radius 2 is 1.78 bits per heavy atom. The molecule has 0 N–H and O–H groups in total. The standard InChI is InChI=1S/C22H35N3O2/c1-13-6-7-15-18-16(9-11-21(13,15)2)22(3)10-8-14(24-25-23)12-17(22)19(26-4)20(18)27-5/h14-20H,1,6-12H2,2-5H3/t14-,15?,16?,17?,18?,19-,20-,21-,22-/m1/s1. The average molecular weight is 374 g/mol. The Morgan fingerprint density at radius 3 is 2.44 bits per heavy atom. The van der Waals surface area contributed by atoms with E-state index in [-0.39, 0.29) is 29.1 Å². The Hall–Kier alpha value is -1.03. The van der Waals surface area contributed by atoms with Crippen molar-refractivity contribution in [1.82, 2.24) is 0 Å². The van der Waals surface area contributed by atoms with Crippen LogP contribution in [0.3, 0.4) is 0 Å². The fourth-order valence-corrected chi connectivity index (χ4v) is 7.86. The van der Waals surface area contributed by atoms with E-state index < -0.39 is 0 Å². The normalized spacial score (nSPS) is 51.7. The molecular formula is C22H35N3O2. The van der Waals surface area contributed by atoms with E-state index in [1.165, 1.54) is 24.8 Å². The van der Waals surface area contributed by atoms with Gasteiger partial charge in [-0.1, -0.05) is 31.1 Å². The second-order valence-electron chi connectivity index (χ2n) is 10.0. The summed E-state index contributed by atoms with van der Waals surface area (Å²) in [5.74, 6) is 2.25. The SMILES string of the molecule is C=C1CCC2C3C(CC[C@]12C)[C@@]1(C)CC[C@@H](N=[N+]=[N-])CC1[C@@H](OC)[C@@H]3OC. The lowest BCUT2D eigenvalue weighted by Gasteiger charge is -2.64. The monoisotopic (exact) mass is 373 g/mol. The highest BCUT2D eigenvalue weighted by atomic mass is 16.5. The third kappa shape index (κ3) is 2.62. The van der Waals surface area contributed by atoms with Gasteiger partial charge in [0.2, 0.25) is 0 Å². The van der Waals surface area contributed by atoms with Crippen LogP contribution >= 0.6 is 0 Å². The maximum absolute atomic E-state index is 8.94. The zero-order valence-corrected chi connectivity index (χ0v) is 17.4. The zero-order chi connectivity index (χ0) is 19.4. The van der Waals surface area contributed by atoms with Crippen LogP contribution in [0.5, 0.6) is 0 Å². The predicted octanol–water partition coefficient (Wildman–Crippen LogP) is 5.51. The van der Waals surface area contributed by atoms with Crippen molar-refractivity contribution in [3.63, 3.8) is 0 Å². The number of hydrogen-bond acceptors (Lipinski definition) is 3. The van der Waals surface area contributed by atoms with E-state index in [1.54, 1.807) is 0 Å². The summed E-state index contributed by atoms with van der Waals surface area (Å²) in [5.41, 5.74) is 10.9. The molecule has 9 atom stereocenters. The minimum Gasteiger partial charge on any atom is -0.378 e. The Labute approximate surface area is 163 Å². The number of hydrogen-bond donors (Lipinski definition) is 0. The molecule has 0 spiro atoms. The van der Waals surface area contributed by atoms with Crippen LogP contribution < -0.4 is 0 Å². The molecule has 150 valence electrons. The summed E-state index contributed by atoms with van der Waals surface area (Å²) in [6.07, 6.45) is 8.18. The molecule has 0 heterocycles. The molecular weight excluding hydrogens is 338 g/mol. The highest BCUT2D eigenvalue weighted by molar-refractivity contribution is 5.23. The summed E-state index contributed by atoms with van der Waals surface area (Å²) in [5, 5.41) is 4.08. The molecule has 0 bridgehead atoms. The number of rotatable bonds is 3. The molecule has 4 aliphatic carbocycles. The Morgan fingerprint density at radius 1 is 1.04 bits per heavy atom. The summed E-state index contributed by atoms with van der Waals surface area (Å²) in [6, 6.07) is 0.0971. The van der Waals surface area contributed by atoms with E-state index in [0.717, 1.165) is 25.7 Å². The summed E-state index contributed by atoms with van der Waals surface area (Å²) >= 11 is 0. The number of azide groups is 1. The number of fused-ring (bicyclic) bond motifs is 5. The lowest BCUT2D eigenvalue weighted by molar-refractivity contribution is -0.225. The van der Waals surface area contributed by atoms with Gasteiger partial charge in [0.15, 0.2) is 0 Å². The minimum atomic E-state index is 0.0779. The molecule has 0 saturated heterocycles. The van der Waals surface area contributed by atoms with Crippen LogP contribution in [0.25, 0.3) is 10.4 Å². The fourth-order valence-electron chi connectivity index (χ4n) is 7.86. The first-order valence-electron chi connectivity index (χ1n) is 10.7. The van der Waals surface area contributed by atoms with Crippen molar-refractivity contribution in [2.24, 2.45) is 39.6 Å². The molecule has 4 unspecified atom stereocenters. The third-order valence-corrected chi connectivity index (χ3v) is 9.38. The third-order valence-electron chi connectivity index (χ3n) is 9.38. The van der Waals surface area contributed by atoms with Crippen molar-refractivity contribution < 1.29 is 9.47 Å². The van der Waals surface area contributed by atoms with Crippen LogP contribution in [0, 0.1) is 34.5 Å². The van der Waals surface area contributed by atoms with Crippen molar-refractivity contribution in [1.29, 1.82) is 0 Å². The van der Waals surface area contributed by atoms with E-state index in [2.05, 4.69) is 30.5 Å². The molecule has 0 radical (unpaired) electrons. The highest BCUT2D eigenvalue weighted by Crippen LogP contribution is 2.67. The van der Waals surface area contributed by atoms with Gasteiger partial charge in [-0.2, -0.15) is 0 Å². The quantitative estimate of drug-likeness (QED) is 0.283. The van der Waals surface area contributed by atoms with Crippen molar-refractivity contribution in [3.05, 3.63) is 22.6 Å². The topological polar surface area (TPSA) is 67.2 Å². The summed E-state index contributed by atoms with van der Waals surface area (Å²) < 4.78 is 12.3. The smallest absolute Gasteiger partial charge is 0.0869 e. The summed E-state index contributed by atoms with van der Waals surface area (Å²) in [6.45, 7) is 9.39. The van der Waals surface area contributed by atoms with Crippen molar-refractivity contribution >= 4 is 0 Å². The van der Waals surface area contributed by atoms with Gasteiger partial charge in [0.05, 0.1) is 12.2 Å². The second kappa shape index (κ2) is 6.79. The molecule has 0 aromatic heterocycles. The molecule has 0 amide bonds. The first kappa shape index (κ1) is 19.3. The highest BCUT2D eigenvalue weighted by Gasteiger charge is 2.64. The number of nitrogens with zero attached hydrogens (tertiary/aromatic N) is 3. The predicted molar refractivity (Wildman–Crippen MR) is 106 cm³/mol. The Balaban J connectivity index is 1.74. The molecule has 4 fully saturated rings. The van der Waals surface area contributed by atoms with Gasteiger partial charge in [-0.25, -0.2) is 0 Å². The van der Waals surface area contributed by atoms with Gasteiger partial charge < -0.3 is 9.47 Å². The molecule has 4 aliphatic rings. The van der Waals surface area contributed by atoms with Crippen LogP contribution in [-0.2, 0) is 9.47 Å². The molecule has 5 heteroatoms. The zero-order valence-electron chi connectivity index (χ0n) is 17.4. The number of methoxy groups -OCH3 is 2. The molecule has 0 aromatic carbocycles. The van der Waals surface area contributed by atoms with E-state index in [0.29, 0.717) is 23.7 Å². The Kier molecular flexibility index (Phi) is 4.85. The second-order valence-corrected chi connectivity index (χ2v) is 10.0. The van der Waals surface area contributed by atoms with Crippen LogP contribution in [0.15, 0.2) is 17.3 Å². The average Bonchev–Trinajstić information content (AvgIpc) is 2.96. The minimum absolute atomic E-state index is 0.0779. The van der Waals surface area contributed by atoms with E-state index in [1.807, 2.05) is 14.2 Å².